The smallest absolute Gasteiger partial charge is 0.225 e. The molecular formula is C21H32N6O. The fraction of sp³-hybridized carbons (Fsp3) is 0.571. The minimum absolute atomic E-state index is 0.0473. The van der Waals surface area contributed by atoms with Crippen LogP contribution in [0.15, 0.2) is 24.3 Å². The summed E-state index contributed by atoms with van der Waals surface area (Å²) in [7, 11) is 4.16. The third-order valence-corrected chi connectivity index (χ3v) is 5.48. The molecule has 2 aromatic rings. The molecule has 1 fully saturated rings. The zero-order chi connectivity index (χ0) is 19.9. The third kappa shape index (κ3) is 5.55. The topological polar surface area (TPSA) is 96.2 Å². The van der Waals surface area contributed by atoms with Gasteiger partial charge >= 0.3 is 0 Å². The second-order valence-corrected chi connectivity index (χ2v) is 8.00. The fourth-order valence-corrected chi connectivity index (χ4v) is 3.78. The molecule has 1 aromatic heterocycles. The number of primary amides is 1. The molecule has 7 nitrogen and oxygen atoms in total. The lowest BCUT2D eigenvalue weighted by molar-refractivity contribution is -0.122. The Kier molecular flexibility index (Phi) is 7.03. The monoisotopic (exact) mass is 384 g/mol. The number of hydrogen-bond acceptors (Lipinski definition) is 6. The van der Waals surface area contributed by atoms with Crippen molar-refractivity contribution in [3.8, 4) is 0 Å². The van der Waals surface area contributed by atoms with E-state index in [0.29, 0.717) is 11.9 Å². The van der Waals surface area contributed by atoms with E-state index in [9.17, 15) is 4.79 Å². The van der Waals surface area contributed by atoms with Gasteiger partial charge in [0.05, 0.1) is 5.52 Å². The van der Waals surface area contributed by atoms with Crippen LogP contribution in [0.3, 0.4) is 0 Å². The number of rotatable bonds is 9. The summed E-state index contributed by atoms with van der Waals surface area (Å²) >= 11 is 0. The lowest BCUT2D eigenvalue weighted by atomic mass is 9.82. The molecule has 0 radical (unpaired) electrons. The maximum absolute atomic E-state index is 11.3. The van der Waals surface area contributed by atoms with E-state index >= 15 is 0 Å². The molecule has 3 rings (SSSR count). The summed E-state index contributed by atoms with van der Waals surface area (Å²) in [5, 5.41) is 7.93. The largest absolute Gasteiger partial charge is 0.369 e. The van der Waals surface area contributed by atoms with Gasteiger partial charge in [-0.1, -0.05) is 12.1 Å². The van der Waals surface area contributed by atoms with Crippen molar-refractivity contribution in [2.24, 2.45) is 17.6 Å². The highest BCUT2D eigenvalue weighted by molar-refractivity contribution is 5.90. The molecule has 7 heteroatoms. The Bertz CT molecular complexity index is 786. The number of aromatic nitrogens is 2. The number of nitrogens with one attached hydrogen (secondary N) is 2. The molecule has 1 aliphatic carbocycles. The van der Waals surface area contributed by atoms with Crippen LogP contribution in [0.5, 0.6) is 0 Å². The summed E-state index contributed by atoms with van der Waals surface area (Å²) in [5.41, 5.74) is 6.37. The van der Waals surface area contributed by atoms with E-state index in [0.717, 1.165) is 68.5 Å². The third-order valence-electron chi connectivity index (χ3n) is 5.48. The number of nitrogens with zero attached hydrogens (tertiary/aromatic N) is 3. The number of anilines is 2. The van der Waals surface area contributed by atoms with Gasteiger partial charge in [-0.2, -0.15) is 4.98 Å². The van der Waals surface area contributed by atoms with Crippen molar-refractivity contribution >= 4 is 28.6 Å². The van der Waals surface area contributed by atoms with E-state index in [1.807, 2.05) is 18.2 Å². The number of amides is 1. The highest BCUT2D eigenvalue weighted by atomic mass is 16.1. The first kappa shape index (κ1) is 20.3. The quantitative estimate of drug-likeness (QED) is 0.575. The first-order chi connectivity index (χ1) is 13.5. The summed E-state index contributed by atoms with van der Waals surface area (Å²) in [6.07, 6.45) is 4.86. The molecule has 0 aliphatic heterocycles. The number of fused-ring (bicyclic) bond motifs is 1. The molecule has 1 saturated carbocycles. The Morgan fingerprint density at radius 3 is 2.61 bits per heavy atom. The van der Waals surface area contributed by atoms with Gasteiger partial charge in [0.2, 0.25) is 11.9 Å². The minimum atomic E-state index is -0.158. The van der Waals surface area contributed by atoms with Gasteiger partial charge in [-0.05, 0) is 70.8 Å². The standard InChI is InChI=1S/C21H32N6O/c1-27(2)13-5-12-23-20-17-6-3-4-7-18(17)25-21(26-20)24-14-15-8-10-16(11-9-15)19(22)28/h3-4,6-7,15-16H,5,8-14H2,1-2H3,(H2,22,28)(H2,23,24,25,26). The zero-order valence-electron chi connectivity index (χ0n) is 16.9. The van der Waals surface area contributed by atoms with E-state index in [4.69, 9.17) is 10.7 Å². The Morgan fingerprint density at radius 1 is 1.14 bits per heavy atom. The van der Waals surface area contributed by atoms with Crippen molar-refractivity contribution in [2.75, 3.05) is 44.4 Å². The van der Waals surface area contributed by atoms with Gasteiger partial charge in [0.25, 0.3) is 0 Å². The summed E-state index contributed by atoms with van der Waals surface area (Å²) in [6, 6.07) is 8.09. The van der Waals surface area contributed by atoms with Gasteiger partial charge in [-0.15, -0.1) is 0 Å². The fourth-order valence-electron chi connectivity index (χ4n) is 3.78. The molecule has 4 N–H and O–H groups in total. The molecule has 1 heterocycles. The molecule has 0 bridgehead atoms. The zero-order valence-corrected chi connectivity index (χ0v) is 16.9. The van der Waals surface area contributed by atoms with Gasteiger partial charge in [0, 0.05) is 24.4 Å². The molecule has 1 aromatic carbocycles. The van der Waals surface area contributed by atoms with Crippen molar-refractivity contribution in [2.45, 2.75) is 32.1 Å². The Labute approximate surface area is 167 Å². The van der Waals surface area contributed by atoms with Crippen molar-refractivity contribution in [3.63, 3.8) is 0 Å². The van der Waals surface area contributed by atoms with Crippen LogP contribution in [-0.4, -0.2) is 54.5 Å². The van der Waals surface area contributed by atoms with Crippen molar-refractivity contribution < 1.29 is 4.79 Å². The summed E-state index contributed by atoms with van der Waals surface area (Å²) < 4.78 is 0. The SMILES string of the molecule is CN(C)CCCNc1nc(NCC2CCC(C(N)=O)CC2)nc2ccccc12. The van der Waals surface area contributed by atoms with Crippen molar-refractivity contribution in [1.29, 1.82) is 0 Å². The average molecular weight is 385 g/mol. The molecule has 1 amide bonds. The normalized spacial score (nSPS) is 19.7. The molecule has 1 aliphatic rings. The molecule has 0 saturated heterocycles. The van der Waals surface area contributed by atoms with Crippen LogP contribution < -0.4 is 16.4 Å². The second-order valence-electron chi connectivity index (χ2n) is 8.00. The van der Waals surface area contributed by atoms with Gasteiger partial charge in [-0.25, -0.2) is 4.98 Å². The van der Waals surface area contributed by atoms with E-state index in [2.05, 4.69) is 40.7 Å². The van der Waals surface area contributed by atoms with E-state index in [-0.39, 0.29) is 11.8 Å². The predicted molar refractivity (Wildman–Crippen MR) is 114 cm³/mol. The van der Waals surface area contributed by atoms with Crippen LogP contribution in [0.25, 0.3) is 10.9 Å². The van der Waals surface area contributed by atoms with Crippen LogP contribution in [-0.2, 0) is 4.79 Å². The first-order valence-corrected chi connectivity index (χ1v) is 10.2. The maximum atomic E-state index is 11.3. The summed E-state index contributed by atoms with van der Waals surface area (Å²) in [5.74, 6) is 1.96. The van der Waals surface area contributed by atoms with E-state index in [1.165, 1.54) is 0 Å². The van der Waals surface area contributed by atoms with Gasteiger partial charge < -0.3 is 21.3 Å². The van der Waals surface area contributed by atoms with Gasteiger partial charge in [-0.3, -0.25) is 4.79 Å². The van der Waals surface area contributed by atoms with Crippen LogP contribution in [0.1, 0.15) is 32.1 Å². The number of benzene rings is 1. The molecule has 0 atom stereocenters. The van der Waals surface area contributed by atoms with Gasteiger partial charge in [0.15, 0.2) is 0 Å². The lowest BCUT2D eigenvalue weighted by Gasteiger charge is -2.26. The number of para-hydroxylation sites is 1. The molecule has 0 spiro atoms. The lowest BCUT2D eigenvalue weighted by Crippen LogP contribution is -2.29. The number of carbonyl (C=O) groups excluding carboxylic acids is 1. The van der Waals surface area contributed by atoms with E-state index in [1.54, 1.807) is 0 Å². The average Bonchev–Trinajstić information content (AvgIpc) is 2.69. The minimum Gasteiger partial charge on any atom is -0.369 e. The van der Waals surface area contributed by atoms with Crippen molar-refractivity contribution in [3.05, 3.63) is 24.3 Å². The Morgan fingerprint density at radius 2 is 1.89 bits per heavy atom. The Hall–Kier alpha value is -2.41. The van der Waals surface area contributed by atoms with Crippen LogP contribution in [0, 0.1) is 11.8 Å². The highest BCUT2D eigenvalue weighted by Crippen LogP contribution is 2.29. The molecule has 152 valence electrons. The maximum Gasteiger partial charge on any atom is 0.225 e. The molecule has 28 heavy (non-hydrogen) atoms. The number of carbonyl (C=O) groups is 1. The highest BCUT2D eigenvalue weighted by Gasteiger charge is 2.24. The summed E-state index contributed by atoms with van der Waals surface area (Å²) in [4.78, 5) is 22.9. The first-order valence-electron chi connectivity index (χ1n) is 10.2. The Balaban J connectivity index is 1.62. The number of hydrogen-bond donors (Lipinski definition) is 3. The molecule has 0 unspecified atom stereocenters. The second kappa shape index (κ2) is 9.68. The number of nitrogens with two attached hydrogens (primary N) is 1. The van der Waals surface area contributed by atoms with Gasteiger partial charge in [0.1, 0.15) is 5.82 Å². The molecular weight excluding hydrogens is 352 g/mol. The van der Waals surface area contributed by atoms with Crippen LogP contribution >= 0.6 is 0 Å². The van der Waals surface area contributed by atoms with Crippen LogP contribution in [0.4, 0.5) is 11.8 Å². The van der Waals surface area contributed by atoms with Crippen molar-refractivity contribution in [1.82, 2.24) is 14.9 Å². The summed E-state index contributed by atoms with van der Waals surface area (Å²) in [6.45, 7) is 2.73. The van der Waals surface area contributed by atoms with Crippen LogP contribution in [0.2, 0.25) is 0 Å². The van der Waals surface area contributed by atoms with E-state index < -0.39 is 0 Å². The predicted octanol–water partition coefficient (Wildman–Crippen LogP) is 2.70.